The van der Waals surface area contributed by atoms with Crippen LogP contribution in [0.4, 0.5) is 4.79 Å². The number of morpholine rings is 1. The lowest BCUT2D eigenvalue weighted by molar-refractivity contribution is -0.142. The van der Waals surface area contributed by atoms with Crippen LogP contribution in [0.3, 0.4) is 0 Å². The van der Waals surface area contributed by atoms with Crippen LogP contribution in [0.5, 0.6) is 11.6 Å². The van der Waals surface area contributed by atoms with Crippen LogP contribution in [0.25, 0.3) is 10.9 Å². The van der Waals surface area contributed by atoms with Crippen molar-refractivity contribution in [2.45, 2.75) is 169 Å². The fourth-order valence-corrected chi connectivity index (χ4v) is 12.5. The number of fused-ring (bicyclic) bond motifs is 7. The van der Waals surface area contributed by atoms with E-state index in [1.54, 1.807) is 13.0 Å². The Morgan fingerprint density at radius 1 is 0.954 bits per heavy atom. The molecule has 16 nitrogen and oxygen atoms in total. The van der Waals surface area contributed by atoms with Crippen LogP contribution in [-0.4, -0.2) is 115 Å². The van der Waals surface area contributed by atoms with E-state index in [0.717, 1.165) is 93.7 Å². The lowest BCUT2D eigenvalue weighted by atomic mass is 9.83. The molecule has 0 radical (unpaired) electrons. The molecule has 4 amide bonds. The minimum Gasteiger partial charge on any atom is -0.489 e. The smallest absolute Gasteiger partial charge is 0.408 e. The number of carbonyl (C=O) groups is 4. The number of sulfonamides is 1. The minimum absolute atomic E-state index is 0.000174. The molecule has 17 heteroatoms. The third-order valence-electron chi connectivity index (χ3n) is 15.7. The lowest BCUT2D eigenvalue weighted by Gasteiger charge is -2.40. The van der Waals surface area contributed by atoms with Crippen molar-refractivity contribution in [3.63, 3.8) is 0 Å². The molecule has 3 saturated heterocycles. The number of piperidine rings is 1. The second-order valence-electron chi connectivity index (χ2n) is 20.5. The van der Waals surface area contributed by atoms with Gasteiger partial charge in [0.05, 0.1) is 35.6 Å². The number of para-hydroxylation sites is 1. The molecule has 8 aliphatic rings. The molecule has 2 unspecified atom stereocenters. The molecule has 9 atom stereocenters. The molecule has 4 bridgehead atoms. The van der Waals surface area contributed by atoms with Crippen molar-refractivity contribution in [2.24, 2.45) is 17.8 Å². The number of aromatic nitrogens is 1. The SMILES string of the molecule is C=C[C@@H]1C[C@]1(NC(=O)[C@@H]1C[C@@H]2CN1C(=O)[C@H](C1CCCCC1)NC(=O)O[C@@H]1C[C@H]1CCCCCc1c(nc3ccccc3c1OC1CC3COCC(C1)N3)O2)C(=O)NS(=O)(=O)C1(C)CC1. The van der Waals surface area contributed by atoms with Gasteiger partial charge in [-0.05, 0) is 88.7 Å². The highest BCUT2D eigenvalue weighted by molar-refractivity contribution is 7.91. The molecule has 7 fully saturated rings. The summed E-state index contributed by atoms with van der Waals surface area (Å²) < 4.78 is 53.5. The number of hydrogen-bond donors (Lipinski definition) is 4. The zero-order valence-electron chi connectivity index (χ0n) is 37.4. The van der Waals surface area contributed by atoms with E-state index in [1.165, 1.54) is 4.90 Å². The van der Waals surface area contributed by atoms with Crippen LogP contribution in [0, 0.1) is 17.8 Å². The summed E-state index contributed by atoms with van der Waals surface area (Å²) in [5.74, 6) is -1.18. The van der Waals surface area contributed by atoms with Gasteiger partial charge in [-0.25, -0.2) is 18.2 Å². The van der Waals surface area contributed by atoms with Gasteiger partial charge in [0, 0.05) is 42.7 Å². The zero-order valence-corrected chi connectivity index (χ0v) is 38.2. The quantitative estimate of drug-likeness (QED) is 0.253. The number of ether oxygens (including phenoxy) is 4. The van der Waals surface area contributed by atoms with Crippen molar-refractivity contribution < 1.29 is 46.5 Å². The molecule has 10 rings (SSSR count). The van der Waals surface area contributed by atoms with Gasteiger partial charge in [0.15, 0.2) is 0 Å². The van der Waals surface area contributed by atoms with Gasteiger partial charge in [-0.2, -0.15) is 0 Å². The van der Waals surface area contributed by atoms with Gasteiger partial charge in [0.1, 0.15) is 41.7 Å². The van der Waals surface area contributed by atoms with E-state index in [9.17, 15) is 22.8 Å². The van der Waals surface area contributed by atoms with E-state index < -0.39 is 68.2 Å². The number of rotatable bonds is 9. The molecule has 352 valence electrons. The van der Waals surface area contributed by atoms with Gasteiger partial charge in [-0.1, -0.05) is 50.3 Å². The van der Waals surface area contributed by atoms with E-state index in [2.05, 4.69) is 27.3 Å². The molecule has 5 heterocycles. The topological polar surface area (TPSA) is 204 Å². The van der Waals surface area contributed by atoms with Crippen molar-refractivity contribution in [1.82, 2.24) is 30.6 Å². The maximum atomic E-state index is 15.2. The predicted molar refractivity (Wildman–Crippen MR) is 239 cm³/mol. The second kappa shape index (κ2) is 17.6. The number of carbonyl (C=O) groups excluding carboxylic acids is 4. The summed E-state index contributed by atoms with van der Waals surface area (Å²) in [7, 11) is -4.01. The standard InChI is InChI=1S/C48H64N6O10S/c1-3-30-24-48(30,45(57)53-65(59,60)47(2)18-19-47)52-42(55)38-23-34-25-54(38)44(56)40(28-12-6-4-7-13-28)51-46(58)64-39-20-29(39)14-8-5-9-16-36-41(35-15-10-11-17-37(35)50-43(36)63-34)62-33-21-31-26-61-27-32(22-33)49-31/h3,10-11,15,17,28-34,38-40,49H,1,4-9,12-14,16,18-27H2,2H3,(H,51,58)(H,52,55)(H,53,57)/t29-,30-,31?,32?,33?,34-,38+,39-,40+,48-/m1/s1. The molecule has 4 saturated carbocycles. The molecule has 4 N–H and O–H groups in total. The normalized spacial score (nSPS) is 34.8. The Balaban J connectivity index is 0.997. The van der Waals surface area contributed by atoms with Crippen LogP contribution in [0.2, 0.25) is 0 Å². The maximum Gasteiger partial charge on any atom is 0.408 e. The number of nitrogens with one attached hydrogen (secondary N) is 4. The van der Waals surface area contributed by atoms with Gasteiger partial charge < -0.3 is 39.8 Å². The zero-order chi connectivity index (χ0) is 45.1. The monoisotopic (exact) mass is 916 g/mol. The minimum atomic E-state index is -4.01. The summed E-state index contributed by atoms with van der Waals surface area (Å²) in [6.45, 7) is 6.73. The number of nitrogens with zero attached hydrogens (tertiary/aromatic N) is 2. The third kappa shape index (κ3) is 9.05. The van der Waals surface area contributed by atoms with E-state index in [4.69, 9.17) is 23.9 Å². The molecule has 1 aromatic carbocycles. The average Bonchev–Trinajstić information content (AvgIpc) is 4.25. The first-order valence-corrected chi connectivity index (χ1v) is 25.7. The molecule has 4 aliphatic carbocycles. The number of benzene rings is 1. The summed E-state index contributed by atoms with van der Waals surface area (Å²) in [6, 6.07) is 6.20. The number of pyridine rings is 1. The van der Waals surface area contributed by atoms with Gasteiger partial charge in [0.2, 0.25) is 27.7 Å². The number of amides is 4. The molecule has 65 heavy (non-hydrogen) atoms. The highest BCUT2D eigenvalue weighted by Crippen LogP contribution is 2.48. The fourth-order valence-electron chi connectivity index (χ4n) is 11.2. The first kappa shape index (κ1) is 44.4. The number of hydrogen-bond acceptors (Lipinski definition) is 12. The van der Waals surface area contributed by atoms with Gasteiger partial charge in [-0.3, -0.25) is 19.1 Å². The van der Waals surface area contributed by atoms with Crippen molar-refractivity contribution in [1.29, 1.82) is 0 Å². The van der Waals surface area contributed by atoms with Crippen LogP contribution in [0.1, 0.15) is 115 Å². The molecular formula is C48H64N6O10S. The summed E-state index contributed by atoms with van der Waals surface area (Å²) in [4.78, 5) is 64.1. The first-order chi connectivity index (χ1) is 31.3. The Bertz CT molecular complexity index is 2310. The fraction of sp³-hybridized carbons (Fsp3) is 0.688. The van der Waals surface area contributed by atoms with Gasteiger partial charge in [0.25, 0.3) is 5.91 Å². The summed E-state index contributed by atoms with van der Waals surface area (Å²) in [5.41, 5.74) is -0.0158. The van der Waals surface area contributed by atoms with Crippen molar-refractivity contribution in [2.75, 3.05) is 19.8 Å². The van der Waals surface area contributed by atoms with Crippen LogP contribution in [0.15, 0.2) is 36.9 Å². The summed E-state index contributed by atoms with van der Waals surface area (Å²) in [5, 5.41) is 10.4. The van der Waals surface area contributed by atoms with Gasteiger partial charge in [-0.15, -0.1) is 6.58 Å². The van der Waals surface area contributed by atoms with Crippen molar-refractivity contribution in [3.8, 4) is 11.6 Å². The Morgan fingerprint density at radius 3 is 2.40 bits per heavy atom. The van der Waals surface area contributed by atoms with E-state index in [0.29, 0.717) is 43.9 Å². The van der Waals surface area contributed by atoms with E-state index >= 15 is 4.79 Å². The predicted octanol–water partition coefficient (Wildman–Crippen LogP) is 4.72. The summed E-state index contributed by atoms with van der Waals surface area (Å²) >= 11 is 0. The second-order valence-corrected chi connectivity index (χ2v) is 22.7. The molecular weight excluding hydrogens is 853 g/mol. The van der Waals surface area contributed by atoms with Crippen molar-refractivity contribution >= 4 is 44.7 Å². The Kier molecular flexibility index (Phi) is 12.0. The van der Waals surface area contributed by atoms with Crippen LogP contribution < -0.4 is 30.1 Å². The molecule has 0 spiro atoms. The third-order valence-corrected chi connectivity index (χ3v) is 17.8. The Morgan fingerprint density at radius 2 is 1.68 bits per heavy atom. The highest BCUT2D eigenvalue weighted by atomic mass is 32.2. The maximum absolute atomic E-state index is 15.2. The van der Waals surface area contributed by atoms with Crippen LogP contribution in [-0.2, 0) is 40.3 Å². The molecule has 1 aromatic heterocycles. The first-order valence-electron chi connectivity index (χ1n) is 24.2. The lowest BCUT2D eigenvalue weighted by Crippen LogP contribution is -2.59. The number of alkyl carbamates (subject to hydrolysis) is 1. The van der Waals surface area contributed by atoms with E-state index in [-0.39, 0.29) is 55.5 Å². The van der Waals surface area contributed by atoms with Crippen molar-refractivity contribution in [3.05, 3.63) is 42.5 Å². The molecule has 4 aliphatic heterocycles. The van der Waals surface area contributed by atoms with Crippen LogP contribution >= 0.6 is 0 Å². The average molecular weight is 917 g/mol. The van der Waals surface area contributed by atoms with Gasteiger partial charge >= 0.3 is 6.09 Å². The highest BCUT2D eigenvalue weighted by Gasteiger charge is 2.63. The largest absolute Gasteiger partial charge is 0.489 e. The van der Waals surface area contributed by atoms with E-state index in [1.807, 2.05) is 24.3 Å². The molecule has 2 aromatic rings. The summed E-state index contributed by atoms with van der Waals surface area (Å²) in [6.07, 6.45) is 11.9. The Labute approximate surface area is 381 Å². The Hall–Kier alpha value is -4.48.